The molecule has 2 aromatic rings. The topological polar surface area (TPSA) is 86.8 Å². The highest BCUT2D eigenvalue weighted by Gasteiger charge is 2.03. The molecule has 0 unspecified atom stereocenters. The molecule has 0 bridgehead atoms. The van der Waals surface area contributed by atoms with E-state index in [0.717, 1.165) is 11.4 Å². The van der Waals surface area contributed by atoms with Crippen molar-refractivity contribution in [2.24, 2.45) is 0 Å². The lowest BCUT2D eigenvalue weighted by molar-refractivity contribution is 0.276. The summed E-state index contributed by atoms with van der Waals surface area (Å²) >= 11 is 5.87. The second kappa shape index (κ2) is 6.89. The van der Waals surface area contributed by atoms with E-state index in [1.54, 1.807) is 22.9 Å². The largest absolute Gasteiger partial charge is 0.396 e. The summed E-state index contributed by atoms with van der Waals surface area (Å²) in [5.41, 5.74) is 2.02. The maximum Gasteiger partial charge on any atom is 0.102 e. The normalized spacial score (nSPS) is 10.2. The highest BCUT2D eigenvalue weighted by atomic mass is 35.5. The molecule has 1 heterocycles. The van der Waals surface area contributed by atoms with Crippen LogP contribution in [0.15, 0.2) is 24.4 Å². The van der Waals surface area contributed by atoms with Crippen LogP contribution in [0.2, 0.25) is 5.02 Å². The van der Waals surface area contributed by atoms with E-state index >= 15 is 0 Å². The molecule has 0 atom stereocenters. The van der Waals surface area contributed by atoms with Crippen molar-refractivity contribution in [1.82, 2.24) is 15.0 Å². The van der Waals surface area contributed by atoms with E-state index in [1.807, 2.05) is 12.3 Å². The molecule has 0 aliphatic heterocycles. The molecular weight excluding hydrogens is 278 g/mol. The summed E-state index contributed by atoms with van der Waals surface area (Å²) in [5, 5.41) is 29.2. The van der Waals surface area contributed by atoms with Crippen molar-refractivity contribution in [1.29, 1.82) is 5.26 Å². The molecule has 0 spiro atoms. The van der Waals surface area contributed by atoms with E-state index in [0.29, 0.717) is 30.1 Å². The van der Waals surface area contributed by atoms with Crippen LogP contribution in [0, 0.1) is 11.3 Å². The predicted molar refractivity (Wildman–Crippen MR) is 75.2 cm³/mol. The van der Waals surface area contributed by atoms with Gasteiger partial charge >= 0.3 is 0 Å². The van der Waals surface area contributed by atoms with Gasteiger partial charge in [0.1, 0.15) is 11.8 Å². The monoisotopic (exact) mass is 291 g/mol. The van der Waals surface area contributed by atoms with Gasteiger partial charge in [-0.25, -0.2) is 0 Å². The Hall–Kier alpha value is -2.10. The molecule has 1 aromatic carbocycles. The molecule has 0 fully saturated rings. The molecule has 20 heavy (non-hydrogen) atoms. The predicted octanol–water partition coefficient (Wildman–Crippen LogP) is 1.80. The van der Waals surface area contributed by atoms with Crippen LogP contribution in [0.25, 0.3) is 0 Å². The zero-order chi connectivity index (χ0) is 14.4. The fraction of sp³-hybridized carbons (Fsp3) is 0.308. The fourth-order valence-electron chi connectivity index (χ4n) is 1.68. The Balaban J connectivity index is 1.95. The van der Waals surface area contributed by atoms with Crippen LogP contribution < -0.4 is 5.32 Å². The first kappa shape index (κ1) is 14.3. The van der Waals surface area contributed by atoms with Gasteiger partial charge in [0.2, 0.25) is 0 Å². The maximum atomic E-state index is 8.91. The number of anilines is 1. The highest BCUT2D eigenvalue weighted by Crippen LogP contribution is 2.19. The number of hydrogen-bond acceptors (Lipinski definition) is 5. The third-order valence-electron chi connectivity index (χ3n) is 2.69. The molecule has 0 saturated heterocycles. The van der Waals surface area contributed by atoms with Crippen LogP contribution in [0.4, 0.5) is 5.69 Å². The average molecular weight is 292 g/mol. The summed E-state index contributed by atoms with van der Waals surface area (Å²) in [5.74, 6) is 0. The molecule has 1 aromatic heterocycles. The van der Waals surface area contributed by atoms with Gasteiger partial charge in [0.25, 0.3) is 0 Å². The molecule has 7 heteroatoms. The SMILES string of the molecule is N#Cc1cc(NCc2cn(CCCO)nn2)ccc1Cl. The second-order valence-electron chi connectivity index (χ2n) is 4.21. The lowest BCUT2D eigenvalue weighted by atomic mass is 10.2. The van der Waals surface area contributed by atoms with Crippen LogP contribution >= 0.6 is 11.6 Å². The molecule has 0 aliphatic rings. The number of aromatic nitrogens is 3. The van der Waals surface area contributed by atoms with Crippen molar-refractivity contribution in [2.45, 2.75) is 19.5 Å². The number of aryl methyl sites for hydroxylation is 1. The lowest BCUT2D eigenvalue weighted by Gasteiger charge is -2.05. The average Bonchev–Trinajstić information content (AvgIpc) is 2.92. The minimum absolute atomic E-state index is 0.134. The number of benzene rings is 1. The van der Waals surface area contributed by atoms with Gasteiger partial charge in [-0.2, -0.15) is 5.26 Å². The van der Waals surface area contributed by atoms with E-state index in [1.165, 1.54) is 0 Å². The first-order valence-corrected chi connectivity index (χ1v) is 6.54. The first-order chi connectivity index (χ1) is 9.72. The molecule has 2 N–H and O–H groups in total. The van der Waals surface area contributed by atoms with Crippen molar-refractivity contribution >= 4 is 17.3 Å². The Bertz CT molecular complexity index is 619. The first-order valence-electron chi connectivity index (χ1n) is 6.16. The number of aliphatic hydroxyl groups is 1. The molecular formula is C13H14ClN5O. The standard InChI is InChI=1S/C13H14ClN5O/c14-13-3-2-11(6-10(13)7-15)16-8-12-9-19(18-17-12)4-1-5-20/h2-3,6,9,16,20H,1,4-5,8H2. The van der Waals surface area contributed by atoms with Crippen LogP contribution in [0.3, 0.4) is 0 Å². The van der Waals surface area contributed by atoms with Crippen molar-refractivity contribution in [3.05, 3.63) is 40.7 Å². The van der Waals surface area contributed by atoms with Gasteiger partial charge in [-0.05, 0) is 24.6 Å². The zero-order valence-electron chi connectivity index (χ0n) is 10.8. The summed E-state index contributed by atoms with van der Waals surface area (Å²) < 4.78 is 1.69. The number of nitrogens with zero attached hydrogens (tertiary/aromatic N) is 4. The summed E-state index contributed by atoms with van der Waals surface area (Å²) in [6.45, 7) is 1.28. The molecule has 2 rings (SSSR count). The van der Waals surface area contributed by atoms with Gasteiger partial charge < -0.3 is 10.4 Å². The third-order valence-corrected chi connectivity index (χ3v) is 3.02. The molecule has 0 aliphatic carbocycles. The Labute approximate surface area is 121 Å². The van der Waals surface area contributed by atoms with Crippen molar-refractivity contribution in [2.75, 3.05) is 11.9 Å². The van der Waals surface area contributed by atoms with Crippen LogP contribution in [-0.4, -0.2) is 26.7 Å². The number of aliphatic hydroxyl groups excluding tert-OH is 1. The summed E-state index contributed by atoms with van der Waals surface area (Å²) in [6.07, 6.45) is 2.47. The van der Waals surface area contributed by atoms with Gasteiger partial charge in [0, 0.05) is 18.8 Å². The minimum atomic E-state index is 0.134. The Kier molecular flexibility index (Phi) is 4.93. The van der Waals surface area contributed by atoms with Crippen molar-refractivity contribution in [3.8, 4) is 6.07 Å². The van der Waals surface area contributed by atoms with Crippen LogP contribution in [-0.2, 0) is 13.1 Å². The number of hydrogen-bond donors (Lipinski definition) is 2. The van der Waals surface area contributed by atoms with E-state index in [9.17, 15) is 0 Å². The van der Waals surface area contributed by atoms with Gasteiger partial charge in [0.05, 0.1) is 23.3 Å². The number of nitrogens with one attached hydrogen (secondary N) is 1. The van der Waals surface area contributed by atoms with E-state index in [2.05, 4.69) is 15.6 Å². The Morgan fingerprint density at radius 3 is 3.05 bits per heavy atom. The van der Waals surface area contributed by atoms with Gasteiger partial charge in [-0.3, -0.25) is 4.68 Å². The van der Waals surface area contributed by atoms with E-state index in [-0.39, 0.29) is 6.61 Å². The summed E-state index contributed by atoms with van der Waals surface area (Å²) in [7, 11) is 0. The number of rotatable bonds is 6. The third kappa shape index (κ3) is 3.70. The lowest BCUT2D eigenvalue weighted by Crippen LogP contribution is -2.01. The number of nitriles is 1. The smallest absolute Gasteiger partial charge is 0.102 e. The Morgan fingerprint density at radius 1 is 1.45 bits per heavy atom. The summed E-state index contributed by atoms with van der Waals surface area (Å²) in [4.78, 5) is 0. The molecule has 104 valence electrons. The van der Waals surface area contributed by atoms with Gasteiger partial charge in [-0.15, -0.1) is 5.10 Å². The quantitative estimate of drug-likeness (QED) is 0.847. The second-order valence-corrected chi connectivity index (χ2v) is 4.62. The molecule has 6 nitrogen and oxygen atoms in total. The Morgan fingerprint density at radius 2 is 2.30 bits per heavy atom. The fourth-order valence-corrected chi connectivity index (χ4v) is 1.83. The van der Waals surface area contributed by atoms with Gasteiger partial charge in [-0.1, -0.05) is 16.8 Å². The van der Waals surface area contributed by atoms with Crippen molar-refractivity contribution < 1.29 is 5.11 Å². The molecule has 0 amide bonds. The highest BCUT2D eigenvalue weighted by molar-refractivity contribution is 6.31. The number of halogens is 1. The zero-order valence-corrected chi connectivity index (χ0v) is 11.5. The minimum Gasteiger partial charge on any atom is -0.396 e. The maximum absolute atomic E-state index is 8.91. The van der Waals surface area contributed by atoms with E-state index in [4.69, 9.17) is 22.0 Å². The van der Waals surface area contributed by atoms with E-state index < -0.39 is 0 Å². The van der Waals surface area contributed by atoms with Crippen LogP contribution in [0.5, 0.6) is 0 Å². The molecule has 0 saturated carbocycles. The van der Waals surface area contributed by atoms with Crippen molar-refractivity contribution in [3.63, 3.8) is 0 Å². The van der Waals surface area contributed by atoms with Gasteiger partial charge in [0.15, 0.2) is 0 Å². The molecule has 0 radical (unpaired) electrons. The summed E-state index contributed by atoms with van der Waals surface area (Å²) in [6, 6.07) is 7.21. The van der Waals surface area contributed by atoms with Crippen LogP contribution in [0.1, 0.15) is 17.7 Å².